The summed E-state index contributed by atoms with van der Waals surface area (Å²) in [6, 6.07) is -3.60. The highest BCUT2D eigenvalue weighted by molar-refractivity contribution is 8.15. The average Bonchev–Trinajstić information content (AvgIpc) is 3.03. The minimum absolute atomic E-state index is 0.105. The molecule has 0 saturated heterocycles. The van der Waals surface area contributed by atoms with Crippen molar-refractivity contribution in [2.45, 2.75) is 58.0 Å². The van der Waals surface area contributed by atoms with Crippen LogP contribution in [0.4, 0.5) is 13.2 Å². The van der Waals surface area contributed by atoms with Crippen LogP contribution in [0.2, 0.25) is 0 Å². The molecule has 4 amide bonds. The molecule has 0 heterocycles. The maximum absolute atomic E-state index is 13.6. The molecule has 1 aromatic rings. The summed E-state index contributed by atoms with van der Waals surface area (Å²) in [5, 5.41) is 6.83. The van der Waals surface area contributed by atoms with Crippen molar-refractivity contribution in [2.75, 3.05) is 30.1 Å². The molecule has 22 heteroatoms. The van der Waals surface area contributed by atoms with E-state index in [1.807, 2.05) is 0 Å². The van der Waals surface area contributed by atoms with Gasteiger partial charge in [-0.25, -0.2) is 9.59 Å². The van der Waals surface area contributed by atoms with Crippen molar-refractivity contribution < 1.29 is 65.8 Å². The van der Waals surface area contributed by atoms with E-state index in [4.69, 9.17) is 4.74 Å². The van der Waals surface area contributed by atoms with Crippen LogP contribution in [-0.2, 0) is 49.3 Å². The second kappa shape index (κ2) is 21.6. The number of thiol groups is 1. The molecule has 51 heavy (non-hydrogen) atoms. The molecule has 0 saturated carbocycles. The number of rotatable bonds is 17. The number of amides is 4. The van der Waals surface area contributed by atoms with Gasteiger partial charge in [0.05, 0.1) is 18.2 Å². The Kier molecular flexibility index (Phi) is 19.1. The summed E-state index contributed by atoms with van der Waals surface area (Å²) in [6.07, 6.45) is -4.94. The second-order valence-corrected chi connectivity index (χ2v) is 13.6. The number of nitrogens with one attached hydrogen (secondary N) is 4. The molecule has 0 radical (unpaired) electrons. The summed E-state index contributed by atoms with van der Waals surface area (Å²) in [6.45, 7) is 4.40. The molecule has 15 nitrogen and oxygen atoms in total. The van der Waals surface area contributed by atoms with E-state index in [-0.39, 0.29) is 11.5 Å². The third kappa shape index (κ3) is 16.4. The second-order valence-electron chi connectivity index (χ2n) is 10.2. The molecule has 0 fully saturated rings. The van der Waals surface area contributed by atoms with Gasteiger partial charge in [0, 0.05) is 50.7 Å². The molecule has 4 atom stereocenters. The van der Waals surface area contributed by atoms with Crippen molar-refractivity contribution in [2.24, 2.45) is 0 Å². The lowest BCUT2D eigenvalue weighted by molar-refractivity contribution is -0.144. The van der Waals surface area contributed by atoms with E-state index >= 15 is 0 Å². The molecular weight excluding hydrogens is 766 g/mol. The Morgan fingerprint density at radius 2 is 1.12 bits per heavy atom. The van der Waals surface area contributed by atoms with Crippen LogP contribution in [0.25, 0.3) is 0 Å². The zero-order valence-electron chi connectivity index (χ0n) is 27.7. The van der Waals surface area contributed by atoms with Crippen LogP contribution >= 0.6 is 47.9 Å². The first-order chi connectivity index (χ1) is 23.7. The molecule has 0 aliphatic heterocycles. The normalized spacial score (nSPS) is 13.4. The number of halogens is 3. The van der Waals surface area contributed by atoms with E-state index in [0.717, 1.165) is 40.9 Å². The van der Waals surface area contributed by atoms with Crippen molar-refractivity contribution >= 4 is 98.8 Å². The van der Waals surface area contributed by atoms with Crippen LogP contribution in [0, 0.1) is 0 Å². The van der Waals surface area contributed by atoms with E-state index in [1.165, 1.54) is 0 Å². The largest absolute Gasteiger partial charge is 0.467 e. The molecule has 4 N–H and O–H groups in total. The molecular formula is C29H35F3N4O11S4. The van der Waals surface area contributed by atoms with Crippen molar-refractivity contribution in [3.8, 4) is 5.75 Å². The van der Waals surface area contributed by atoms with Crippen molar-refractivity contribution in [3.63, 3.8) is 0 Å². The van der Waals surface area contributed by atoms with Crippen molar-refractivity contribution in [1.82, 2.24) is 21.3 Å². The summed E-state index contributed by atoms with van der Waals surface area (Å²) in [5.41, 5.74) is -1.85. The fourth-order valence-electron chi connectivity index (χ4n) is 3.71. The fourth-order valence-corrected chi connectivity index (χ4v) is 6.86. The van der Waals surface area contributed by atoms with Crippen molar-refractivity contribution in [1.29, 1.82) is 0 Å². The van der Waals surface area contributed by atoms with Gasteiger partial charge in [0.15, 0.2) is 0 Å². The smallest absolute Gasteiger partial charge is 0.416 e. The molecule has 282 valence electrons. The van der Waals surface area contributed by atoms with Gasteiger partial charge in [0.1, 0.15) is 29.9 Å². The fraction of sp³-hybridized carbons (Fsp3) is 0.483. The van der Waals surface area contributed by atoms with E-state index < -0.39 is 110 Å². The summed E-state index contributed by atoms with van der Waals surface area (Å²) >= 11 is 5.40. The van der Waals surface area contributed by atoms with Crippen LogP contribution < -0.4 is 26.0 Å². The van der Waals surface area contributed by atoms with Gasteiger partial charge in [0.25, 0.3) is 0 Å². The monoisotopic (exact) mass is 800 g/mol. The number of methoxy groups -OCH3 is 1. The number of esters is 2. The molecule has 1 rings (SSSR count). The zero-order chi connectivity index (χ0) is 39.1. The van der Waals surface area contributed by atoms with Gasteiger partial charge in [-0.2, -0.15) is 25.8 Å². The molecule has 0 spiro atoms. The minimum Gasteiger partial charge on any atom is -0.467 e. The zero-order valence-corrected chi connectivity index (χ0v) is 31.0. The van der Waals surface area contributed by atoms with Gasteiger partial charge >= 0.3 is 18.1 Å². The van der Waals surface area contributed by atoms with Crippen LogP contribution in [0.5, 0.6) is 5.75 Å². The third-order valence-electron chi connectivity index (χ3n) is 5.94. The maximum atomic E-state index is 13.6. The summed E-state index contributed by atoms with van der Waals surface area (Å²) in [4.78, 5) is 110. The highest BCUT2D eigenvalue weighted by atomic mass is 32.2. The lowest BCUT2D eigenvalue weighted by atomic mass is 10.1. The molecule has 0 aliphatic carbocycles. The summed E-state index contributed by atoms with van der Waals surface area (Å²) in [7, 11) is 1.06. The van der Waals surface area contributed by atoms with Crippen LogP contribution in [0.1, 0.15) is 43.6 Å². The first kappa shape index (κ1) is 45.3. The molecule has 0 aliphatic rings. The average molecular weight is 801 g/mol. The summed E-state index contributed by atoms with van der Waals surface area (Å²) < 4.78 is 50.6. The molecule has 0 aromatic heterocycles. The lowest BCUT2D eigenvalue weighted by Crippen LogP contribution is -2.45. The first-order valence-electron chi connectivity index (χ1n) is 14.4. The van der Waals surface area contributed by atoms with Gasteiger partial charge in [-0.1, -0.05) is 35.3 Å². The number of thioether (sulfide) groups is 3. The Bertz CT molecular complexity index is 1510. The highest BCUT2D eigenvalue weighted by Gasteiger charge is 2.34. The van der Waals surface area contributed by atoms with E-state index in [1.54, 1.807) is 0 Å². The van der Waals surface area contributed by atoms with Crippen LogP contribution in [-0.4, -0.2) is 105 Å². The van der Waals surface area contributed by atoms with Gasteiger partial charge < -0.3 is 30.7 Å². The minimum atomic E-state index is -4.94. The van der Waals surface area contributed by atoms with E-state index in [0.29, 0.717) is 47.4 Å². The number of carbonyl (C=O) groups excluding carboxylic acids is 9. The predicted molar refractivity (Wildman–Crippen MR) is 185 cm³/mol. The topological polar surface area (TPSA) is 220 Å². The Hall–Kier alpha value is -3.76. The van der Waals surface area contributed by atoms with Crippen LogP contribution in [0.15, 0.2) is 18.2 Å². The number of alkyl halides is 3. The van der Waals surface area contributed by atoms with Gasteiger partial charge in [-0.05, 0) is 18.2 Å². The predicted octanol–water partition coefficient (Wildman–Crippen LogP) is 1.13. The number of hydrogen-bond acceptors (Lipinski definition) is 15. The third-order valence-corrected chi connectivity index (χ3v) is 9.42. The van der Waals surface area contributed by atoms with Gasteiger partial charge in [-0.3, -0.25) is 33.6 Å². The van der Waals surface area contributed by atoms with Crippen molar-refractivity contribution in [3.05, 3.63) is 29.3 Å². The van der Waals surface area contributed by atoms with Gasteiger partial charge in [0.2, 0.25) is 39.0 Å². The Labute approximate surface area is 308 Å². The standard InChI is InChI=1S/C29H35F3N4O11S4/c1-13(37)33-19(9-48)27(44)50-11-21(35-15(3)39)25(42)47-23-8-17(29(30,31)32)6-7-18(23)26(43)49-12-22(36-16(4)40)28(45)51-10-20(24(41)46-5)34-14(2)38/h6-8,19-22,48H,9-12H2,1-5H3,(H,33,37)(H,34,38)(H,35,39)(H,36,40). The lowest BCUT2D eigenvalue weighted by Gasteiger charge is -2.20. The Morgan fingerprint density at radius 3 is 1.57 bits per heavy atom. The van der Waals surface area contributed by atoms with E-state index in [9.17, 15) is 56.3 Å². The molecule has 0 bridgehead atoms. The number of hydrogen-bond donors (Lipinski definition) is 5. The highest BCUT2D eigenvalue weighted by Crippen LogP contribution is 2.35. The summed E-state index contributed by atoms with van der Waals surface area (Å²) in [5.74, 6) is -6.99. The number of benzene rings is 1. The molecule has 4 unspecified atom stereocenters. The van der Waals surface area contributed by atoms with E-state index in [2.05, 4.69) is 38.6 Å². The first-order valence-corrected chi connectivity index (χ1v) is 18.0. The maximum Gasteiger partial charge on any atom is 0.416 e. The molecule has 1 aromatic carbocycles. The van der Waals surface area contributed by atoms with Gasteiger partial charge in [-0.15, -0.1) is 0 Å². The Balaban J connectivity index is 3.29. The Morgan fingerprint density at radius 1 is 0.686 bits per heavy atom. The SMILES string of the molecule is COC(=O)C(CSC(=O)C(CSC(=O)c1ccc(C(F)(F)F)cc1OC(=O)C(CSC(=O)C(CS)NC(C)=O)NC(C)=O)NC(C)=O)NC(C)=O. The number of carbonyl (C=O) groups is 9. The number of ether oxygens (including phenoxy) is 2. The van der Waals surface area contributed by atoms with Crippen LogP contribution in [0.3, 0.4) is 0 Å². The quantitative estimate of drug-likeness (QED) is 0.0848.